The van der Waals surface area contributed by atoms with Crippen molar-refractivity contribution in [1.29, 1.82) is 0 Å². The Morgan fingerprint density at radius 2 is 1.52 bits per heavy atom. The molecule has 0 radical (unpaired) electrons. The molecule has 0 unspecified atom stereocenters. The summed E-state index contributed by atoms with van der Waals surface area (Å²) in [5, 5.41) is 0. The molecule has 0 aliphatic rings. The maximum atomic E-state index is 12.5. The summed E-state index contributed by atoms with van der Waals surface area (Å²) < 4.78 is 53.6. The lowest BCUT2D eigenvalue weighted by Gasteiger charge is -2.13. The second kappa shape index (κ2) is 5.98. The monoisotopic (exact) mass is 354 g/mol. The molecule has 0 fully saturated rings. The molecule has 0 saturated heterocycles. The zero-order valence-electron chi connectivity index (χ0n) is 13.3. The number of benzene rings is 2. The van der Waals surface area contributed by atoms with Gasteiger partial charge in [0.25, 0.3) is 0 Å². The van der Waals surface area contributed by atoms with Gasteiger partial charge < -0.3 is 4.18 Å². The molecule has 0 atom stereocenters. The fourth-order valence-corrected chi connectivity index (χ4v) is 4.02. The number of sulfone groups is 1. The van der Waals surface area contributed by atoms with Gasteiger partial charge in [0, 0.05) is 6.26 Å². The summed E-state index contributed by atoms with van der Waals surface area (Å²) in [5.74, 6) is 0.231. The largest absolute Gasteiger partial charge is 0.379 e. The van der Waals surface area contributed by atoms with Gasteiger partial charge in [-0.1, -0.05) is 18.2 Å². The maximum absolute atomic E-state index is 12.5. The molecule has 23 heavy (non-hydrogen) atoms. The van der Waals surface area contributed by atoms with Crippen molar-refractivity contribution in [3.8, 4) is 5.75 Å². The van der Waals surface area contributed by atoms with Gasteiger partial charge in [0.2, 0.25) is 0 Å². The van der Waals surface area contributed by atoms with Crippen molar-refractivity contribution in [2.24, 2.45) is 0 Å². The SMILES string of the molecule is Cc1ccc(S(C)(=O)=O)cc1S(=O)(=O)Oc1cccc(C)c1C. The second-order valence-corrected chi connectivity index (χ2v) is 8.97. The Morgan fingerprint density at radius 1 is 0.870 bits per heavy atom. The third kappa shape index (κ3) is 3.73. The predicted octanol–water partition coefficient (Wildman–Crippen LogP) is 2.78. The molecule has 0 N–H and O–H groups in total. The van der Waals surface area contributed by atoms with Crippen LogP contribution in [0.5, 0.6) is 5.75 Å². The van der Waals surface area contributed by atoms with Crippen LogP contribution in [-0.2, 0) is 20.0 Å². The summed E-state index contributed by atoms with van der Waals surface area (Å²) in [6.45, 7) is 5.20. The summed E-state index contributed by atoms with van der Waals surface area (Å²) in [5.41, 5.74) is 2.04. The van der Waals surface area contributed by atoms with E-state index in [9.17, 15) is 16.8 Å². The first kappa shape index (κ1) is 17.5. The highest BCUT2D eigenvalue weighted by molar-refractivity contribution is 7.90. The summed E-state index contributed by atoms with van der Waals surface area (Å²) in [7, 11) is -7.64. The van der Waals surface area contributed by atoms with Crippen LogP contribution in [-0.4, -0.2) is 23.1 Å². The molecule has 0 heterocycles. The Hall–Kier alpha value is -1.86. The molecule has 0 spiro atoms. The smallest absolute Gasteiger partial charge is 0.339 e. The molecule has 2 aromatic rings. The zero-order valence-corrected chi connectivity index (χ0v) is 15.0. The second-order valence-electron chi connectivity index (χ2n) is 5.43. The first-order valence-corrected chi connectivity index (χ1v) is 10.1. The Morgan fingerprint density at radius 3 is 2.13 bits per heavy atom. The van der Waals surface area contributed by atoms with Crippen LogP contribution in [0, 0.1) is 20.8 Å². The molecular weight excluding hydrogens is 336 g/mol. The van der Waals surface area contributed by atoms with Gasteiger partial charge in [0.15, 0.2) is 9.84 Å². The molecule has 0 aliphatic carbocycles. The minimum atomic E-state index is -4.13. The Kier molecular flexibility index (Phi) is 4.54. The van der Waals surface area contributed by atoms with Crippen LogP contribution >= 0.6 is 0 Å². The first-order valence-electron chi connectivity index (χ1n) is 6.84. The zero-order chi connectivity index (χ0) is 17.4. The highest BCUT2D eigenvalue weighted by Gasteiger charge is 2.23. The lowest BCUT2D eigenvalue weighted by atomic mass is 10.1. The lowest BCUT2D eigenvalue weighted by Crippen LogP contribution is -2.13. The maximum Gasteiger partial charge on any atom is 0.339 e. The van der Waals surface area contributed by atoms with Crippen molar-refractivity contribution >= 4 is 20.0 Å². The van der Waals surface area contributed by atoms with E-state index in [1.807, 2.05) is 13.0 Å². The highest BCUT2D eigenvalue weighted by atomic mass is 32.2. The summed E-state index contributed by atoms with van der Waals surface area (Å²) in [6.07, 6.45) is 1.03. The van der Waals surface area contributed by atoms with Gasteiger partial charge in [-0.15, -0.1) is 0 Å². The summed E-state index contributed by atoms with van der Waals surface area (Å²) >= 11 is 0. The molecule has 0 saturated carbocycles. The first-order chi connectivity index (χ1) is 10.5. The number of hydrogen-bond donors (Lipinski definition) is 0. The van der Waals surface area contributed by atoms with Crippen LogP contribution < -0.4 is 4.18 Å². The Bertz CT molecular complexity index is 958. The molecule has 124 valence electrons. The minimum absolute atomic E-state index is 0.0637. The summed E-state index contributed by atoms with van der Waals surface area (Å²) in [6, 6.07) is 9.08. The molecule has 2 rings (SSSR count). The molecule has 7 heteroatoms. The van der Waals surface area contributed by atoms with Crippen molar-refractivity contribution in [3.63, 3.8) is 0 Å². The van der Waals surface area contributed by atoms with Crippen LogP contribution in [0.25, 0.3) is 0 Å². The molecule has 0 aromatic heterocycles. The van der Waals surface area contributed by atoms with Crippen LogP contribution in [0.4, 0.5) is 0 Å². The number of hydrogen-bond acceptors (Lipinski definition) is 5. The molecule has 0 bridgehead atoms. The van der Waals surface area contributed by atoms with E-state index in [0.717, 1.165) is 17.9 Å². The van der Waals surface area contributed by atoms with Gasteiger partial charge in [-0.3, -0.25) is 0 Å². The quantitative estimate of drug-likeness (QED) is 0.789. The predicted molar refractivity (Wildman–Crippen MR) is 88.0 cm³/mol. The normalized spacial score (nSPS) is 12.2. The van der Waals surface area contributed by atoms with Gasteiger partial charge in [-0.25, -0.2) is 8.42 Å². The van der Waals surface area contributed by atoms with Crippen LogP contribution in [0.3, 0.4) is 0 Å². The fraction of sp³-hybridized carbons (Fsp3) is 0.250. The third-order valence-corrected chi connectivity index (χ3v) is 6.10. The van der Waals surface area contributed by atoms with Gasteiger partial charge >= 0.3 is 10.1 Å². The summed E-state index contributed by atoms with van der Waals surface area (Å²) in [4.78, 5) is -0.215. The van der Waals surface area contributed by atoms with Crippen molar-refractivity contribution in [3.05, 3.63) is 53.1 Å². The molecule has 2 aromatic carbocycles. The van der Waals surface area contributed by atoms with Gasteiger partial charge in [-0.2, -0.15) is 8.42 Å². The average Bonchev–Trinajstić information content (AvgIpc) is 2.42. The van der Waals surface area contributed by atoms with Crippen molar-refractivity contribution < 1.29 is 21.0 Å². The van der Waals surface area contributed by atoms with Gasteiger partial charge in [0.05, 0.1) is 4.90 Å². The van der Waals surface area contributed by atoms with Crippen molar-refractivity contribution in [2.45, 2.75) is 30.6 Å². The lowest BCUT2D eigenvalue weighted by molar-refractivity contribution is 0.483. The van der Waals surface area contributed by atoms with Crippen molar-refractivity contribution in [2.75, 3.05) is 6.26 Å². The van der Waals surface area contributed by atoms with E-state index in [1.54, 1.807) is 26.0 Å². The van der Waals surface area contributed by atoms with Gasteiger partial charge in [-0.05, 0) is 55.7 Å². The molecular formula is C16H18O5S2. The van der Waals surface area contributed by atoms with E-state index in [4.69, 9.17) is 4.18 Å². The van der Waals surface area contributed by atoms with E-state index >= 15 is 0 Å². The average molecular weight is 354 g/mol. The van der Waals surface area contributed by atoms with Crippen LogP contribution in [0.15, 0.2) is 46.2 Å². The van der Waals surface area contributed by atoms with Crippen LogP contribution in [0.2, 0.25) is 0 Å². The topological polar surface area (TPSA) is 77.5 Å². The fourth-order valence-electron chi connectivity index (χ4n) is 2.06. The van der Waals surface area contributed by atoms with E-state index in [0.29, 0.717) is 11.1 Å². The third-order valence-electron chi connectivity index (χ3n) is 3.61. The minimum Gasteiger partial charge on any atom is -0.379 e. The van der Waals surface area contributed by atoms with Crippen molar-refractivity contribution in [1.82, 2.24) is 0 Å². The number of aryl methyl sites for hydroxylation is 2. The standard InChI is InChI=1S/C16H18O5S2/c1-11-6-5-7-15(13(11)3)21-23(19,20)16-10-14(22(4,17)18)9-8-12(16)2/h5-10H,1-4H3. The van der Waals surface area contributed by atoms with E-state index in [2.05, 4.69) is 0 Å². The van der Waals surface area contributed by atoms with Crippen LogP contribution in [0.1, 0.15) is 16.7 Å². The van der Waals surface area contributed by atoms with E-state index < -0.39 is 20.0 Å². The molecule has 5 nitrogen and oxygen atoms in total. The Balaban J connectivity index is 2.54. The van der Waals surface area contributed by atoms with E-state index in [-0.39, 0.29) is 15.5 Å². The highest BCUT2D eigenvalue weighted by Crippen LogP contribution is 2.27. The van der Waals surface area contributed by atoms with Gasteiger partial charge in [0.1, 0.15) is 10.6 Å². The molecule has 0 amide bonds. The molecule has 0 aliphatic heterocycles. The number of rotatable bonds is 4. The van der Waals surface area contributed by atoms with E-state index in [1.165, 1.54) is 12.1 Å². The Labute approximate surface area is 137 Å².